The number of ether oxygens (including phenoxy) is 1. The van der Waals surface area contributed by atoms with Gasteiger partial charge in [-0.15, -0.1) is 0 Å². The molecule has 3 rings (SSSR count). The molecule has 27 heavy (non-hydrogen) atoms. The van der Waals surface area contributed by atoms with Gasteiger partial charge in [0.25, 0.3) is 0 Å². The van der Waals surface area contributed by atoms with Gasteiger partial charge < -0.3 is 14.2 Å². The number of pyridine rings is 1. The zero-order chi connectivity index (χ0) is 19.4. The molecule has 0 aliphatic carbocycles. The number of amides is 1. The first-order valence-corrected chi connectivity index (χ1v) is 9.34. The van der Waals surface area contributed by atoms with Crippen molar-refractivity contribution in [2.75, 3.05) is 26.8 Å². The van der Waals surface area contributed by atoms with E-state index in [0.29, 0.717) is 26.2 Å². The molecule has 1 aliphatic rings. The summed E-state index contributed by atoms with van der Waals surface area (Å²) in [6, 6.07) is 6.11. The largest absolute Gasteiger partial charge is 0.378 e. The third-order valence-electron chi connectivity index (χ3n) is 5.07. The summed E-state index contributed by atoms with van der Waals surface area (Å²) in [5, 5.41) is 3.96. The smallest absolute Gasteiger partial charge is 0.224 e. The average molecular weight is 372 g/mol. The molecular weight excluding hydrogens is 344 g/mol. The minimum atomic E-state index is 0.0562. The van der Waals surface area contributed by atoms with Crippen molar-refractivity contribution in [2.24, 2.45) is 0 Å². The van der Waals surface area contributed by atoms with Crippen LogP contribution in [0, 0.1) is 20.8 Å². The number of rotatable bonds is 6. The van der Waals surface area contributed by atoms with Crippen LogP contribution in [0.1, 0.15) is 34.8 Å². The summed E-state index contributed by atoms with van der Waals surface area (Å²) < 4.78 is 10.8. The number of hydrogen-bond acceptors (Lipinski definition) is 6. The monoisotopic (exact) mass is 372 g/mol. The van der Waals surface area contributed by atoms with Crippen molar-refractivity contribution >= 4 is 5.91 Å². The Balaban J connectivity index is 1.62. The lowest BCUT2D eigenvalue weighted by Gasteiger charge is -2.35. The number of morpholine rings is 1. The highest BCUT2D eigenvalue weighted by Gasteiger charge is 2.27. The lowest BCUT2D eigenvalue weighted by molar-refractivity contribution is -0.133. The molecule has 7 nitrogen and oxygen atoms in total. The standard InChI is InChI=1S/C20H28N4O3/c1-14-6-5-7-17(21-14)11-24-8-9-26-13-18(24)10-20(25)23(4)12-19-15(2)22-27-16(19)3/h5-7,18H,8-13H2,1-4H3/t18-/m1/s1. The Labute approximate surface area is 160 Å². The van der Waals surface area contributed by atoms with E-state index in [2.05, 4.69) is 15.0 Å². The Bertz CT molecular complexity index is 770. The molecule has 1 fully saturated rings. The molecule has 0 saturated carbocycles. The van der Waals surface area contributed by atoms with Crippen molar-refractivity contribution < 1.29 is 14.1 Å². The second kappa shape index (κ2) is 8.63. The predicted molar refractivity (Wildman–Crippen MR) is 101 cm³/mol. The number of hydrogen-bond donors (Lipinski definition) is 0. The summed E-state index contributed by atoms with van der Waals surface area (Å²) in [6.45, 7) is 9.06. The molecule has 2 aromatic rings. The molecule has 1 aliphatic heterocycles. The summed E-state index contributed by atoms with van der Waals surface area (Å²) >= 11 is 0. The Morgan fingerprint density at radius 2 is 2.15 bits per heavy atom. The minimum absolute atomic E-state index is 0.0562. The molecule has 1 amide bonds. The first kappa shape index (κ1) is 19.5. The topological polar surface area (TPSA) is 71.7 Å². The molecule has 0 radical (unpaired) electrons. The van der Waals surface area contributed by atoms with Crippen LogP contribution < -0.4 is 0 Å². The van der Waals surface area contributed by atoms with Gasteiger partial charge in [0.1, 0.15) is 5.76 Å². The van der Waals surface area contributed by atoms with Crippen LogP contribution in [0.5, 0.6) is 0 Å². The SMILES string of the molecule is Cc1cccc(CN2CCOC[C@H]2CC(=O)N(C)Cc2c(C)noc2C)n1. The summed E-state index contributed by atoms with van der Waals surface area (Å²) in [7, 11) is 1.82. The van der Waals surface area contributed by atoms with Crippen molar-refractivity contribution in [3.05, 3.63) is 46.6 Å². The van der Waals surface area contributed by atoms with E-state index in [-0.39, 0.29) is 11.9 Å². The zero-order valence-electron chi connectivity index (χ0n) is 16.6. The Hall–Kier alpha value is -2.25. The van der Waals surface area contributed by atoms with Crippen molar-refractivity contribution in [1.29, 1.82) is 0 Å². The normalized spacial score (nSPS) is 17.9. The van der Waals surface area contributed by atoms with Crippen molar-refractivity contribution in [3.8, 4) is 0 Å². The molecule has 1 saturated heterocycles. The fourth-order valence-electron chi connectivity index (χ4n) is 3.39. The van der Waals surface area contributed by atoms with Crippen LogP contribution in [0.15, 0.2) is 22.7 Å². The van der Waals surface area contributed by atoms with Gasteiger partial charge in [0.05, 0.1) is 31.1 Å². The van der Waals surface area contributed by atoms with Crippen LogP contribution in [0.3, 0.4) is 0 Å². The summed E-state index contributed by atoms with van der Waals surface area (Å²) in [4.78, 5) is 21.4. The van der Waals surface area contributed by atoms with Crippen LogP contribution in [-0.4, -0.2) is 58.7 Å². The second-order valence-electron chi connectivity index (χ2n) is 7.23. The van der Waals surface area contributed by atoms with E-state index in [9.17, 15) is 4.79 Å². The molecule has 0 spiro atoms. The molecule has 146 valence electrons. The average Bonchev–Trinajstić information content (AvgIpc) is 2.95. The molecule has 0 unspecified atom stereocenters. The molecule has 0 bridgehead atoms. The van der Waals surface area contributed by atoms with Gasteiger partial charge in [-0.2, -0.15) is 0 Å². The van der Waals surface area contributed by atoms with Crippen LogP contribution in [0.2, 0.25) is 0 Å². The van der Waals surface area contributed by atoms with Gasteiger partial charge in [0, 0.05) is 43.9 Å². The van der Waals surface area contributed by atoms with E-state index in [1.165, 1.54) is 0 Å². The maximum Gasteiger partial charge on any atom is 0.224 e. The van der Waals surface area contributed by atoms with Gasteiger partial charge in [0.15, 0.2) is 0 Å². The minimum Gasteiger partial charge on any atom is -0.378 e. The molecule has 3 heterocycles. The highest BCUT2D eigenvalue weighted by molar-refractivity contribution is 5.76. The quantitative estimate of drug-likeness (QED) is 0.774. The lowest BCUT2D eigenvalue weighted by atomic mass is 10.1. The zero-order valence-corrected chi connectivity index (χ0v) is 16.6. The predicted octanol–water partition coefficient (Wildman–Crippen LogP) is 2.24. The summed E-state index contributed by atoms with van der Waals surface area (Å²) in [5.41, 5.74) is 3.85. The maximum atomic E-state index is 12.8. The molecule has 2 aromatic heterocycles. The van der Waals surface area contributed by atoms with Gasteiger partial charge in [-0.1, -0.05) is 11.2 Å². The van der Waals surface area contributed by atoms with Crippen molar-refractivity contribution in [1.82, 2.24) is 19.9 Å². The number of aryl methyl sites for hydroxylation is 3. The maximum absolute atomic E-state index is 12.8. The van der Waals surface area contributed by atoms with Gasteiger partial charge >= 0.3 is 0 Å². The highest BCUT2D eigenvalue weighted by atomic mass is 16.5. The van der Waals surface area contributed by atoms with Crippen LogP contribution in [0.25, 0.3) is 0 Å². The van der Waals surface area contributed by atoms with Crippen LogP contribution in [0.4, 0.5) is 0 Å². The van der Waals surface area contributed by atoms with E-state index in [1.54, 1.807) is 4.90 Å². The fourth-order valence-corrected chi connectivity index (χ4v) is 3.39. The number of carbonyl (C=O) groups is 1. The van der Waals surface area contributed by atoms with E-state index >= 15 is 0 Å². The van der Waals surface area contributed by atoms with Gasteiger partial charge in [-0.3, -0.25) is 14.7 Å². The van der Waals surface area contributed by atoms with Crippen molar-refractivity contribution in [3.63, 3.8) is 0 Å². The Morgan fingerprint density at radius 3 is 2.85 bits per heavy atom. The van der Waals surface area contributed by atoms with Crippen LogP contribution >= 0.6 is 0 Å². The van der Waals surface area contributed by atoms with Crippen molar-refractivity contribution in [2.45, 2.75) is 46.3 Å². The highest BCUT2D eigenvalue weighted by Crippen LogP contribution is 2.18. The van der Waals surface area contributed by atoms with Gasteiger partial charge in [-0.25, -0.2) is 0 Å². The molecule has 7 heteroatoms. The van der Waals surface area contributed by atoms with E-state index in [4.69, 9.17) is 9.26 Å². The second-order valence-corrected chi connectivity index (χ2v) is 7.23. The molecular formula is C20H28N4O3. The third kappa shape index (κ3) is 4.93. The Kier molecular flexibility index (Phi) is 6.23. The van der Waals surface area contributed by atoms with E-state index < -0.39 is 0 Å². The number of aromatic nitrogens is 2. The third-order valence-corrected chi connectivity index (χ3v) is 5.07. The fraction of sp³-hybridized carbons (Fsp3) is 0.550. The van der Waals surface area contributed by atoms with Crippen LogP contribution in [-0.2, 0) is 22.6 Å². The molecule has 0 N–H and O–H groups in total. The van der Waals surface area contributed by atoms with E-state index in [0.717, 1.165) is 41.5 Å². The first-order chi connectivity index (χ1) is 12.9. The van der Waals surface area contributed by atoms with Gasteiger partial charge in [-0.05, 0) is 32.9 Å². The summed E-state index contributed by atoms with van der Waals surface area (Å²) in [6.07, 6.45) is 0.422. The number of nitrogens with zero attached hydrogens (tertiary/aromatic N) is 4. The summed E-state index contributed by atoms with van der Waals surface area (Å²) in [5.74, 6) is 0.855. The number of carbonyl (C=O) groups excluding carboxylic acids is 1. The lowest BCUT2D eigenvalue weighted by Crippen LogP contribution is -2.47. The molecule has 0 aromatic carbocycles. The first-order valence-electron chi connectivity index (χ1n) is 9.34. The molecule has 1 atom stereocenters. The van der Waals surface area contributed by atoms with Gasteiger partial charge in [0.2, 0.25) is 5.91 Å². The Morgan fingerprint density at radius 1 is 1.33 bits per heavy atom. The van der Waals surface area contributed by atoms with E-state index in [1.807, 2.05) is 46.0 Å².